The van der Waals surface area contributed by atoms with Crippen molar-refractivity contribution in [3.63, 3.8) is 0 Å². The Hall–Kier alpha value is -3.27. The van der Waals surface area contributed by atoms with Crippen LogP contribution >= 0.6 is 15.9 Å². The second kappa shape index (κ2) is 9.92. The van der Waals surface area contributed by atoms with E-state index in [0.29, 0.717) is 5.69 Å². The molecule has 0 unspecified atom stereocenters. The van der Waals surface area contributed by atoms with Crippen molar-refractivity contribution in [2.75, 3.05) is 5.32 Å². The van der Waals surface area contributed by atoms with Gasteiger partial charge in [0.15, 0.2) is 0 Å². The third-order valence-electron chi connectivity index (χ3n) is 4.53. The van der Waals surface area contributed by atoms with Crippen LogP contribution in [0.5, 0.6) is 5.75 Å². The highest BCUT2D eigenvalue weighted by Gasteiger charge is 2.19. The molecule has 0 aliphatic heterocycles. The summed E-state index contributed by atoms with van der Waals surface area (Å²) in [4.78, 5) is 25.1. The maximum Gasteiger partial charge on any atom is 0.412 e. The van der Waals surface area contributed by atoms with Gasteiger partial charge >= 0.3 is 6.09 Å². The van der Waals surface area contributed by atoms with Crippen molar-refractivity contribution in [2.45, 2.75) is 39.9 Å². The van der Waals surface area contributed by atoms with Crippen LogP contribution in [0.25, 0.3) is 5.69 Å². The summed E-state index contributed by atoms with van der Waals surface area (Å²) in [5.41, 5.74) is -0.827. The van der Waals surface area contributed by atoms with Crippen molar-refractivity contribution in [2.24, 2.45) is 0 Å². The summed E-state index contributed by atoms with van der Waals surface area (Å²) in [6, 6.07) is 8.30. The number of hydrogen-bond donors (Lipinski definition) is 1. The number of amides is 1. The van der Waals surface area contributed by atoms with E-state index in [0.717, 1.165) is 22.8 Å². The molecule has 0 aliphatic rings. The van der Waals surface area contributed by atoms with Crippen molar-refractivity contribution in [3.05, 3.63) is 86.0 Å². The lowest BCUT2D eigenvalue weighted by Crippen LogP contribution is -2.27. The van der Waals surface area contributed by atoms with Gasteiger partial charge in [-0.1, -0.05) is 0 Å². The molecular weight excluding hydrogens is 517 g/mol. The zero-order chi connectivity index (χ0) is 25.2. The molecule has 0 spiro atoms. The van der Waals surface area contributed by atoms with Crippen LogP contribution in [0.4, 0.5) is 23.7 Å². The highest BCUT2D eigenvalue weighted by molar-refractivity contribution is 9.10. The maximum atomic E-state index is 14.7. The standard InChI is InChI=1S/C24H22BrF3N2O4/c1-13-9-20(33-12-14-5-6-15(26)10-18(14)28)21(25)22(31)30(13)19-11-16(7-8-17(19)27)29-23(32)34-24(2,3)4/h5-11H,12H2,1-4H3,(H,29,32). The van der Waals surface area contributed by atoms with E-state index in [2.05, 4.69) is 21.2 Å². The summed E-state index contributed by atoms with van der Waals surface area (Å²) in [6.45, 7) is 6.43. The van der Waals surface area contributed by atoms with Crippen molar-refractivity contribution in [3.8, 4) is 11.4 Å². The minimum absolute atomic E-state index is 0.0227. The maximum absolute atomic E-state index is 14.7. The number of aromatic nitrogens is 1. The van der Waals surface area contributed by atoms with Crippen LogP contribution < -0.4 is 15.6 Å². The van der Waals surface area contributed by atoms with Gasteiger partial charge in [0.25, 0.3) is 5.56 Å². The number of pyridine rings is 1. The number of rotatable bonds is 5. The molecule has 0 fully saturated rings. The number of anilines is 1. The van der Waals surface area contributed by atoms with Gasteiger partial charge in [-0.3, -0.25) is 14.7 Å². The molecule has 0 atom stereocenters. The van der Waals surface area contributed by atoms with E-state index in [4.69, 9.17) is 9.47 Å². The Morgan fingerprint density at radius 1 is 1.06 bits per heavy atom. The predicted molar refractivity (Wildman–Crippen MR) is 125 cm³/mol. The van der Waals surface area contributed by atoms with E-state index >= 15 is 0 Å². The molecule has 0 saturated heterocycles. The van der Waals surface area contributed by atoms with Crippen molar-refractivity contribution in [1.29, 1.82) is 0 Å². The van der Waals surface area contributed by atoms with Gasteiger partial charge in [-0.05, 0) is 74.0 Å². The second-order valence-electron chi connectivity index (χ2n) is 8.42. The Morgan fingerprint density at radius 2 is 1.76 bits per heavy atom. The van der Waals surface area contributed by atoms with E-state index in [-0.39, 0.29) is 33.8 Å². The SMILES string of the molecule is Cc1cc(OCc2ccc(F)cc2F)c(Br)c(=O)n1-c1cc(NC(=O)OC(C)(C)C)ccc1F. The highest BCUT2D eigenvalue weighted by atomic mass is 79.9. The fraction of sp³-hybridized carbons (Fsp3) is 0.250. The third-order valence-corrected chi connectivity index (χ3v) is 5.26. The van der Waals surface area contributed by atoms with Gasteiger partial charge in [-0.15, -0.1) is 0 Å². The minimum atomic E-state index is -0.780. The Labute approximate surface area is 202 Å². The molecule has 0 saturated carbocycles. The van der Waals surface area contributed by atoms with Crippen LogP contribution in [0.3, 0.4) is 0 Å². The first-order chi connectivity index (χ1) is 15.9. The molecule has 2 aromatic carbocycles. The van der Waals surface area contributed by atoms with E-state index in [9.17, 15) is 22.8 Å². The number of carbonyl (C=O) groups is 1. The average molecular weight is 539 g/mol. The van der Waals surface area contributed by atoms with Crippen LogP contribution in [0.2, 0.25) is 0 Å². The molecule has 6 nitrogen and oxygen atoms in total. The first-order valence-corrected chi connectivity index (χ1v) is 10.9. The molecule has 1 amide bonds. The summed E-state index contributed by atoms with van der Waals surface area (Å²) in [5.74, 6) is -2.09. The molecule has 0 radical (unpaired) electrons. The Balaban J connectivity index is 1.91. The van der Waals surface area contributed by atoms with Gasteiger partial charge < -0.3 is 9.47 Å². The van der Waals surface area contributed by atoms with Crippen LogP contribution in [0.15, 0.2) is 51.7 Å². The fourth-order valence-corrected chi connectivity index (χ4v) is 3.47. The molecule has 1 aromatic heterocycles. The van der Waals surface area contributed by atoms with Gasteiger partial charge in [0.2, 0.25) is 0 Å². The van der Waals surface area contributed by atoms with Gasteiger partial charge in [-0.25, -0.2) is 18.0 Å². The predicted octanol–water partition coefficient (Wildman–Crippen LogP) is 6.25. The quantitative estimate of drug-likeness (QED) is 0.416. The van der Waals surface area contributed by atoms with Crippen molar-refractivity contribution >= 4 is 27.7 Å². The molecule has 1 heterocycles. The van der Waals surface area contributed by atoms with Crippen molar-refractivity contribution in [1.82, 2.24) is 4.57 Å². The Morgan fingerprint density at radius 3 is 2.41 bits per heavy atom. The first kappa shape index (κ1) is 25.4. The number of carbonyl (C=O) groups excluding carboxylic acids is 1. The zero-order valence-electron chi connectivity index (χ0n) is 18.8. The largest absolute Gasteiger partial charge is 0.487 e. The number of ether oxygens (including phenoxy) is 2. The molecule has 0 aliphatic carbocycles. The number of nitrogens with one attached hydrogen (secondary N) is 1. The summed E-state index contributed by atoms with van der Waals surface area (Å²) >= 11 is 3.16. The molecule has 34 heavy (non-hydrogen) atoms. The van der Waals surface area contributed by atoms with E-state index in [1.807, 2.05) is 0 Å². The van der Waals surface area contributed by atoms with Gasteiger partial charge in [0, 0.05) is 29.1 Å². The lowest BCUT2D eigenvalue weighted by Gasteiger charge is -2.20. The van der Waals surface area contributed by atoms with Gasteiger partial charge in [0.05, 0.1) is 5.69 Å². The number of nitrogens with zero attached hydrogens (tertiary/aromatic N) is 1. The Bertz CT molecular complexity index is 1300. The number of hydrogen-bond acceptors (Lipinski definition) is 4. The van der Waals surface area contributed by atoms with Crippen LogP contribution in [0, 0.1) is 24.4 Å². The topological polar surface area (TPSA) is 69.6 Å². The summed E-state index contributed by atoms with van der Waals surface area (Å²) in [6.07, 6.45) is -0.730. The minimum Gasteiger partial charge on any atom is -0.487 e. The van der Waals surface area contributed by atoms with Crippen LogP contribution in [-0.2, 0) is 11.3 Å². The Kier molecular flexibility index (Phi) is 7.40. The fourth-order valence-electron chi connectivity index (χ4n) is 3.06. The third kappa shape index (κ3) is 5.99. The number of halogens is 4. The van der Waals surface area contributed by atoms with E-state index in [1.165, 1.54) is 24.3 Å². The zero-order valence-corrected chi connectivity index (χ0v) is 20.4. The molecule has 0 bridgehead atoms. The lowest BCUT2D eigenvalue weighted by atomic mass is 10.2. The van der Waals surface area contributed by atoms with Crippen LogP contribution in [0.1, 0.15) is 32.0 Å². The summed E-state index contributed by atoms with van der Waals surface area (Å²) in [5, 5.41) is 2.51. The molecule has 3 rings (SSSR count). The average Bonchev–Trinajstić information content (AvgIpc) is 2.71. The lowest BCUT2D eigenvalue weighted by molar-refractivity contribution is 0.0636. The molecular formula is C24H22BrF3N2O4. The van der Waals surface area contributed by atoms with Gasteiger partial charge in [0.1, 0.15) is 39.9 Å². The number of aryl methyl sites for hydroxylation is 1. The monoisotopic (exact) mass is 538 g/mol. The van der Waals surface area contributed by atoms with E-state index in [1.54, 1.807) is 27.7 Å². The molecule has 1 N–H and O–H groups in total. The molecule has 3 aromatic rings. The molecule has 180 valence electrons. The van der Waals surface area contributed by atoms with Crippen molar-refractivity contribution < 1.29 is 27.4 Å². The van der Waals surface area contributed by atoms with E-state index < -0.39 is 34.7 Å². The molecule has 10 heteroatoms. The highest BCUT2D eigenvalue weighted by Crippen LogP contribution is 2.27. The first-order valence-electron chi connectivity index (χ1n) is 10.1. The second-order valence-corrected chi connectivity index (χ2v) is 9.22. The normalized spacial score (nSPS) is 11.3. The number of benzene rings is 2. The van der Waals surface area contributed by atoms with Crippen LogP contribution in [-0.4, -0.2) is 16.3 Å². The summed E-state index contributed by atoms with van der Waals surface area (Å²) in [7, 11) is 0. The van der Waals surface area contributed by atoms with Gasteiger partial charge in [-0.2, -0.15) is 0 Å². The smallest absolute Gasteiger partial charge is 0.412 e. The summed E-state index contributed by atoms with van der Waals surface area (Å²) < 4.78 is 53.5.